The van der Waals surface area contributed by atoms with Gasteiger partial charge in [-0.1, -0.05) is 6.07 Å². The normalized spacial score (nSPS) is 20.7. The molecule has 0 aromatic heterocycles. The maximum atomic E-state index is 12.4. The first-order valence-corrected chi connectivity index (χ1v) is 4.90. The van der Waals surface area contributed by atoms with Crippen LogP contribution >= 0.6 is 11.6 Å². The molecule has 1 nitrogen and oxygen atoms in total. The topological polar surface area (TPSA) is 9.23 Å². The van der Waals surface area contributed by atoms with Crippen molar-refractivity contribution in [1.82, 2.24) is 0 Å². The van der Waals surface area contributed by atoms with Crippen LogP contribution in [0.5, 0.6) is 5.75 Å². The number of fused-ring (bicyclic) bond motifs is 1. The number of ether oxygens (including phenoxy) is 1. The van der Waals surface area contributed by atoms with Crippen LogP contribution < -0.4 is 4.74 Å². The maximum Gasteiger partial charge on any atom is 0.416 e. The standard InChI is InChI=1S/C10H8ClF3O/c11-8-3-4-15-9-5-6(10(12,13)14)1-2-7(8)9/h1-2,5,8H,3-4H2. The van der Waals surface area contributed by atoms with Crippen LogP contribution in [0.1, 0.15) is 22.9 Å². The molecule has 1 aromatic carbocycles. The van der Waals surface area contributed by atoms with Crippen molar-refractivity contribution >= 4 is 11.6 Å². The second-order valence-electron chi connectivity index (χ2n) is 3.36. The quantitative estimate of drug-likeness (QED) is 0.623. The summed E-state index contributed by atoms with van der Waals surface area (Å²) in [4.78, 5) is 0. The molecule has 0 spiro atoms. The van der Waals surface area contributed by atoms with E-state index in [1.54, 1.807) is 0 Å². The van der Waals surface area contributed by atoms with Crippen molar-refractivity contribution in [2.75, 3.05) is 6.61 Å². The molecule has 15 heavy (non-hydrogen) atoms. The lowest BCUT2D eigenvalue weighted by Gasteiger charge is -2.22. The summed E-state index contributed by atoms with van der Waals surface area (Å²) in [5.41, 5.74) is -0.0667. The van der Waals surface area contributed by atoms with Crippen molar-refractivity contribution in [3.8, 4) is 5.75 Å². The van der Waals surface area contributed by atoms with Gasteiger partial charge in [0.25, 0.3) is 0 Å². The molecule has 0 aliphatic carbocycles. The molecule has 1 atom stereocenters. The zero-order chi connectivity index (χ0) is 11.1. The van der Waals surface area contributed by atoms with Gasteiger partial charge in [-0.25, -0.2) is 0 Å². The van der Waals surface area contributed by atoms with Gasteiger partial charge in [0.05, 0.1) is 17.5 Å². The number of halogens is 4. The first-order valence-electron chi connectivity index (χ1n) is 4.46. The minimum atomic E-state index is -4.34. The van der Waals surface area contributed by atoms with Gasteiger partial charge in [0, 0.05) is 12.0 Å². The monoisotopic (exact) mass is 236 g/mol. The molecule has 0 radical (unpaired) electrons. The first kappa shape index (κ1) is 10.6. The van der Waals surface area contributed by atoms with E-state index in [2.05, 4.69) is 0 Å². The molecule has 0 bridgehead atoms. The third-order valence-electron chi connectivity index (χ3n) is 2.31. The predicted octanol–water partition coefficient (Wildman–Crippen LogP) is 3.77. The zero-order valence-electron chi connectivity index (χ0n) is 7.64. The SMILES string of the molecule is FC(F)(F)c1ccc2c(c1)OCCC2Cl. The third kappa shape index (κ3) is 2.04. The molecule has 0 N–H and O–H groups in total. The Bertz CT molecular complexity index is 375. The van der Waals surface area contributed by atoms with E-state index in [4.69, 9.17) is 16.3 Å². The second kappa shape index (κ2) is 3.59. The van der Waals surface area contributed by atoms with Gasteiger partial charge in [0.15, 0.2) is 0 Å². The first-order chi connectivity index (χ1) is 6.98. The molecule has 1 unspecified atom stereocenters. The number of hydrogen-bond acceptors (Lipinski definition) is 1. The van der Waals surface area contributed by atoms with E-state index in [1.807, 2.05) is 0 Å². The number of hydrogen-bond donors (Lipinski definition) is 0. The molecular weight excluding hydrogens is 229 g/mol. The van der Waals surface area contributed by atoms with Gasteiger partial charge in [-0.05, 0) is 12.1 Å². The minimum absolute atomic E-state index is 0.246. The Morgan fingerprint density at radius 2 is 2.07 bits per heavy atom. The van der Waals surface area contributed by atoms with Crippen molar-refractivity contribution in [1.29, 1.82) is 0 Å². The second-order valence-corrected chi connectivity index (χ2v) is 3.88. The highest BCUT2D eigenvalue weighted by molar-refractivity contribution is 6.21. The smallest absolute Gasteiger partial charge is 0.416 e. The van der Waals surface area contributed by atoms with Crippen molar-refractivity contribution in [3.05, 3.63) is 29.3 Å². The Hall–Kier alpha value is -0.900. The summed E-state index contributed by atoms with van der Waals surface area (Å²) < 4.78 is 42.2. The van der Waals surface area contributed by atoms with Crippen molar-refractivity contribution in [2.24, 2.45) is 0 Å². The van der Waals surface area contributed by atoms with Gasteiger partial charge in [0.2, 0.25) is 0 Å². The summed E-state index contributed by atoms with van der Waals surface area (Å²) in [5, 5.41) is -0.254. The number of benzene rings is 1. The fourth-order valence-electron chi connectivity index (χ4n) is 1.52. The Morgan fingerprint density at radius 3 is 2.73 bits per heavy atom. The molecule has 5 heteroatoms. The molecule has 2 rings (SSSR count). The van der Waals surface area contributed by atoms with Crippen LogP contribution in [0.2, 0.25) is 0 Å². The number of rotatable bonds is 0. The molecule has 1 aromatic rings. The average Bonchev–Trinajstić information content (AvgIpc) is 2.16. The van der Waals surface area contributed by atoms with Crippen LogP contribution in [-0.2, 0) is 6.18 Å². The summed E-state index contributed by atoms with van der Waals surface area (Å²) in [7, 11) is 0. The van der Waals surface area contributed by atoms with E-state index >= 15 is 0 Å². The molecule has 0 saturated carbocycles. The highest BCUT2D eigenvalue weighted by atomic mass is 35.5. The van der Waals surface area contributed by atoms with Crippen LogP contribution in [-0.4, -0.2) is 6.61 Å². The van der Waals surface area contributed by atoms with Crippen LogP contribution in [0, 0.1) is 0 Å². The zero-order valence-corrected chi connectivity index (χ0v) is 8.40. The molecule has 1 aliphatic heterocycles. The molecule has 0 amide bonds. The molecule has 0 fully saturated rings. The molecule has 1 aliphatic rings. The molecular formula is C10H8ClF3O. The lowest BCUT2D eigenvalue weighted by Crippen LogP contribution is -2.13. The summed E-state index contributed by atoms with van der Waals surface area (Å²) >= 11 is 5.95. The predicted molar refractivity (Wildman–Crippen MR) is 50.2 cm³/mol. The summed E-state index contributed by atoms with van der Waals surface area (Å²) in [6.45, 7) is 0.364. The van der Waals surface area contributed by atoms with Gasteiger partial charge in [-0.3, -0.25) is 0 Å². The van der Waals surface area contributed by atoms with E-state index in [0.717, 1.165) is 12.1 Å². The van der Waals surface area contributed by atoms with E-state index in [9.17, 15) is 13.2 Å². The Morgan fingerprint density at radius 1 is 1.33 bits per heavy atom. The highest BCUT2D eigenvalue weighted by Gasteiger charge is 2.32. The van der Waals surface area contributed by atoms with Crippen LogP contribution in [0.15, 0.2) is 18.2 Å². The summed E-state index contributed by atoms with van der Waals surface area (Å²) in [5.74, 6) is 0.246. The van der Waals surface area contributed by atoms with E-state index in [1.165, 1.54) is 6.07 Å². The fraction of sp³-hybridized carbons (Fsp3) is 0.400. The van der Waals surface area contributed by atoms with Gasteiger partial charge in [-0.2, -0.15) is 13.2 Å². The van der Waals surface area contributed by atoms with E-state index < -0.39 is 11.7 Å². The van der Waals surface area contributed by atoms with E-state index in [-0.39, 0.29) is 11.1 Å². The largest absolute Gasteiger partial charge is 0.493 e. The summed E-state index contributed by atoms with van der Waals surface area (Å²) in [6, 6.07) is 3.42. The van der Waals surface area contributed by atoms with Gasteiger partial charge in [0.1, 0.15) is 5.75 Å². The number of alkyl halides is 4. The van der Waals surface area contributed by atoms with Crippen molar-refractivity contribution in [3.63, 3.8) is 0 Å². The highest BCUT2D eigenvalue weighted by Crippen LogP contribution is 2.40. The molecule has 1 heterocycles. The van der Waals surface area contributed by atoms with Gasteiger partial charge in [-0.15, -0.1) is 11.6 Å². The fourth-order valence-corrected chi connectivity index (χ4v) is 1.79. The van der Waals surface area contributed by atoms with E-state index in [0.29, 0.717) is 18.6 Å². The van der Waals surface area contributed by atoms with Crippen molar-refractivity contribution in [2.45, 2.75) is 18.0 Å². The minimum Gasteiger partial charge on any atom is -0.493 e. The van der Waals surface area contributed by atoms with Gasteiger partial charge >= 0.3 is 6.18 Å². The van der Waals surface area contributed by atoms with Crippen LogP contribution in [0.3, 0.4) is 0 Å². The van der Waals surface area contributed by atoms with Crippen LogP contribution in [0.4, 0.5) is 13.2 Å². The van der Waals surface area contributed by atoms with Crippen LogP contribution in [0.25, 0.3) is 0 Å². The maximum absolute atomic E-state index is 12.4. The molecule has 0 saturated heterocycles. The molecule has 82 valence electrons. The lowest BCUT2D eigenvalue weighted by atomic mass is 10.0. The summed E-state index contributed by atoms with van der Waals surface area (Å²) in [6.07, 6.45) is -3.71. The average molecular weight is 237 g/mol. The Kier molecular flexibility index (Phi) is 2.54. The third-order valence-corrected chi connectivity index (χ3v) is 2.76. The van der Waals surface area contributed by atoms with Gasteiger partial charge < -0.3 is 4.74 Å². The lowest BCUT2D eigenvalue weighted by molar-refractivity contribution is -0.137. The Labute approximate surface area is 89.8 Å². The van der Waals surface area contributed by atoms with Crippen molar-refractivity contribution < 1.29 is 17.9 Å². The Balaban J connectivity index is 2.42.